The molecule has 3 rings (SSSR count). The molecule has 2 aromatic rings. The number of hydrogen-bond donors (Lipinski definition) is 1. The van der Waals surface area contributed by atoms with Gasteiger partial charge in [0.25, 0.3) is 5.91 Å². The number of rotatable bonds is 4. The first-order chi connectivity index (χ1) is 12.0. The van der Waals surface area contributed by atoms with Crippen LogP contribution in [0.5, 0.6) is 0 Å². The van der Waals surface area contributed by atoms with E-state index in [4.69, 9.17) is 0 Å². The second kappa shape index (κ2) is 8.86. The number of aryl methyl sites for hydroxylation is 2. The molecule has 1 aliphatic heterocycles. The van der Waals surface area contributed by atoms with E-state index in [1.807, 2.05) is 18.2 Å². The first-order valence-electron chi connectivity index (χ1n) is 8.68. The summed E-state index contributed by atoms with van der Waals surface area (Å²) in [5.41, 5.74) is 4.34. The average Bonchev–Trinajstić information content (AvgIpc) is 2.61. The van der Waals surface area contributed by atoms with Gasteiger partial charge in [-0.05, 0) is 38.0 Å². The first kappa shape index (κ1) is 20.0. The summed E-state index contributed by atoms with van der Waals surface area (Å²) in [4.78, 5) is 25.6. The van der Waals surface area contributed by atoms with Crippen LogP contribution in [0, 0.1) is 13.8 Å². The highest BCUT2D eigenvalue weighted by Crippen LogP contribution is 2.28. The SMILES string of the molecule is Cc1cc(C)cc(C2CC(NC(=O)c3ccccc3)CN(C=O)C2)c1.Cl. The van der Waals surface area contributed by atoms with Gasteiger partial charge >= 0.3 is 0 Å². The van der Waals surface area contributed by atoms with Gasteiger partial charge in [0.05, 0.1) is 0 Å². The number of amides is 2. The number of nitrogens with one attached hydrogen (secondary N) is 1. The zero-order valence-electron chi connectivity index (χ0n) is 15.1. The summed E-state index contributed by atoms with van der Waals surface area (Å²) < 4.78 is 0. The maximum Gasteiger partial charge on any atom is 0.251 e. The van der Waals surface area contributed by atoms with E-state index in [1.165, 1.54) is 16.7 Å². The summed E-state index contributed by atoms with van der Waals surface area (Å²) >= 11 is 0. The lowest BCUT2D eigenvalue weighted by Gasteiger charge is -2.36. The van der Waals surface area contributed by atoms with Gasteiger partial charge in [-0.15, -0.1) is 12.4 Å². The highest BCUT2D eigenvalue weighted by atomic mass is 35.5. The van der Waals surface area contributed by atoms with Crippen LogP contribution in [0.1, 0.15) is 39.4 Å². The fourth-order valence-corrected chi connectivity index (χ4v) is 3.67. The Morgan fingerprint density at radius 3 is 2.35 bits per heavy atom. The largest absolute Gasteiger partial charge is 0.348 e. The van der Waals surface area contributed by atoms with E-state index >= 15 is 0 Å². The molecule has 1 N–H and O–H groups in total. The molecule has 138 valence electrons. The van der Waals surface area contributed by atoms with E-state index in [1.54, 1.807) is 17.0 Å². The van der Waals surface area contributed by atoms with Gasteiger partial charge in [-0.25, -0.2) is 0 Å². The molecule has 1 fully saturated rings. The molecule has 2 unspecified atom stereocenters. The topological polar surface area (TPSA) is 49.4 Å². The Hall–Kier alpha value is -2.33. The van der Waals surface area contributed by atoms with Crippen molar-refractivity contribution in [2.45, 2.75) is 32.2 Å². The Kier molecular flexibility index (Phi) is 6.81. The molecule has 1 heterocycles. The Balaban J connectivity index is 0.00000243. The molecule has 2 amide bonds. The molecule has 26 heavy (non-hydrogen) atoms. The minimum Gasteiger partial charge on any atom is -0.348 e. The summed E-state index contributed by atoms with van der Waals surface area (Å²) in [5.74, 6) is 0.149. The molecule has 2 atom stereocenters. The van der Waals surface area contributed by atoms with Crippen molar-refractivity contribution in [3.63, 3.8) is 0 Å². The van der Waals surface area contributed by atoms with Crippen LogP contribution in [0.15, 0.2) is 48.5 Å². The van der Waals surface area contributed by atoms with Gasteiger partial charge in [0.1, 0.15) is 0 Å². The predicted molar refractivity (Wildman–Crippen MR) is 106 cm³/mol. The van der Waals surface area contributed by atoms with Crippen LogP contribution >= 0.6 is 12.4 Å². The molecular formula is C21H25ClN2O2. The van der Waals surface area contributed by atoms with Crippen molar-refractivity contribution in [2.24, 2.45) is 0 Å². The number of likely N-dealkylation sites (tertiary alicyclic amines) is 1. The second-order valence-corrected chi connectivity index (χ2v) is 6.95. The maximum atomic E-state index is 12.4. The number of hydrogen-bond acceptors (Lipinski definition) is 2. The number of carbonyl (C=O) groups excluding carboxylic acids is 2. The minimum absolute atomic E-state index is 0. The standard InChI is InChI=1S/C21H24N2O2.ClH/c1-15-8-16(2)10-18(9-15)19-11-20(13-23(12-19)14-24)22-21(25)17-6-4-3-5-7-17;/h3-10,14,19-20H,11-13H2,1-2H3,(H,22,25);1H. The van der Waals surface area contributed by atoms with Crippen LogP contribution < -0.4 is 5.32 Å². The zero-order valence-corrected chi connectivity index (χ0v) is 16.0. The van der Waals surface area contributed by atoms with Gasteiger partial charge in [0.2, 0.25) is 6.41 Å². The van der Waals surface area contributed by atoms with Crippen molar-refractivity contribution in [3.8, 4) is 0 Å². The molecule has 0 spiro atoms. The number of carbonyl (C=O) groups is 2. The minimum atomic E-state index is -0.0856. The molecular weight excluding hydrogens is 348 g/mol. The highest BCUT2D eigenvalue weighted by Gasteiger charge is 2.29. The molecule has 2 aromatic carbocycles. The van der Waals surface area contributed by atoms with Gasteiger partial charge in [0.15, 0.2) is 0 Å². The monoisotopic (exact) mass is 372 g/mol. The third-order valence-corrected chi connectivity index (χ3v) is 4.71. The Morgan fingerprint density at radius 2 is 1.73 bits per heavy atom. The first-order valence-corrected chi connectivity index (χ1v) is 8.68. The summed E-state index contributed by atoms with van der Waals surface area (Å²) in [5, 5.41) is 3.09. The van der Waals surface area contributed by atoms with E-state index < -0.39 is 0 Å². The molecule has 0 radical (unpaired) electrons. The van der Waals surface area contributed by atoms with Crippen LogP contribution in [-0.2, 0) is 4.79 Å². The summed E-state index contributed by atoms with van der Waals surface area (Å²) in [6.07, 6.45) is 1.72. The van der Waals surface area contributed by atoms with Gasteiger partial charge in [-0.1, -0.05) is 47.5 Å². The van der Waals surface area contributed by atoms with E-state index in [2.05, 4.69) is 37.4 Å². The van der Waals surface area contributed by atoms with Crippen molar-refractivity contribution in [3.05, 3.63) is 70.8 Å². The number of halogens is 1. The molecule has 5 heteroatoms. The van der Waals surface area contributed by atoms with Crippen molar-refractivity contribution in [1.82, 2.24) is 10.2 Å². The zero-order chi connectivity index (χ0) is 17.8. The lowest BCUT2D eigenvalue weighted by molar-refractivity contribution is -0.119. The van der Waals surface area contributed by atoms with Crippen LogP contribution in [0.4, 0.5) is 0 Å². The average molecular weight is 373 g/mol. The van der Waals surface area contributed by atoms with Crippen LogP contribution in [-0.4, -0.2) is 36.3 Å². The molecule has 0 aromatic heterocycles. The van der Waals surface area contributed by atoms with Gasteiger partial charge < -0.3 is 10.2 Å². The Morgan fingerprint density at radius 1 is 1.08 bits per heavy atom. The summed E-state index contributed by atoms with van der Waals surface area (Å²) in [7, 11) is 0. The Bertz CT molecular complexity index is 744. The normalized spacial score (nSPS) is 19.4. The molecule has 1 aliphatic rings. The van der Waals surface area contributed by atoms with Gasteiger partial charge in [-0.3, -0.25) is 9.59 Å². The number of benzene rings is 2. The van der Waals surface area contributed by atoms with Crippen molar-refractivity contribution in [1.29, 1.82) is 0 Å². The van der Waals surface area contributed by atoms with Crippen molar-refractivity contribution >= 4 is 24.7 Å². The second-order valence-electron chi connectivity index (χ2n) is 6.95. The third kappa shape index (κ3) is 4.85. The summed E-state index contributed by atoms with van der Waals surface area (Å²) in [6.45, 7) is 5.43. The van der Waals surface area contributed by atoms with E-state index in [9.17, 15) is 9.59 Å². The maximum absolute atomic E-state index is 12.4. The quantitative estimate of drug-likeness (QED) is 0.835. The smallest absolute Gasteiger partial charge is 0.251 e. The molecule has 0 aliphatic carbocycles. The molecule has 0 bridgehead atoms. The van der Waals surface area contributed by atoms with Crippen LogP contribution in [0.25, 0.3) is 0 Å². The Labute approximate surface area is 161 Å². The lowest BCUT2D eigenvalue weighted by Crippen LogP contribution is -2.49. The van der Waals surface area contributed by atoms with Crippen LogP contribution in [0.2, 0.25) is 0 Å². The van der Waals surface area contributed by atoms with E-state index in [0.717, 1.165) is 12.8 Å². The van der Waals surface area contributed by atoms with Gasteiger partial charge in [0, 0.05) is 30.6 Å². The summed E-state index contributed by atoms with van der Waals surface area (Å²) in [6, 6.07) is 15.7. The van der Waals surface area contributed by atoms with E-state index in [0.29, 0.717) is 18.7 Å². The molecule has 4 nitrogen and oxygen atoms in total. The van der Waals surface area contributed by atoms with E-state index in [-0.39, 0.29) is 30.3 Å². The van der Waals surface area contributed by atoms with Crippen molar-refractivity contribution in [2.75, 3.05) is 13.1 Å². The highest BCUT2D eigenvalue weighted by molar-refractivity contribution is 5.94. The fourth-order valence-electron chi connectivity index (χ4n) is 3.67. The molecule has 1 saturated heterocycles. The van der Waals surface area contributed by atoms with Crippen molar-refractivity contribution < 1.29 is 9.59 Å². The molecule has 0 saturated carbocycles. The fraction of sp³-hybridized carbons (Fsp3) is 0.333. The number of piperidine rings is 1. The predicted octanol–water partition coefficient (Wildman–Crippen LogP) is 3.47. The number of nitrogens with zero attached hydrogens (tertiary/aromatic N) is 1. The van der Waals surface area contributed by atoms with Gasteiger partial charge in [-0.2, -0.15) is 0 Å². The lowest BCUT2D eigenvalue weighted by atomic mass is 9.86. The van der Waals surface area contributed by atoms with Crippen LogP contribution in [0.3, 0.4) is 0 Å². The third-order valence-electron chi connectivity index (χ3n) is 4.71.